The van der Waals surface area contributed by atoms with Crippen LogP contribution in [0.1, 0.15) is 62.8 Å². The van der Waals surface area contributed by atoms with E-state index in [0.29, 0.717) is 30.6 Å². The van der Waals surface area contributed by atoms with Crippen molar-refractivity contribution in [3.63, 3.8) is 0 Å². The van der Waals surface area contributed by atoms with Gasteiger partial charge in [-0.1, -0.05) is 24.6 Å². The smallest absolute Gasteiger partial charge is 0.466 e. The van der Waals surface area contributed by atoms with Crippen molar-refractivity contribution < 1.29 is 52.4 Å². The molecule has 0 saturated carbocycles. The van der Waals surface area contributed by atoms with E-state index in [1.807, 2.05) is 19.1 Å². The van der Waals surface area contributed by atoms with Crippen molar-refractivity contribution in [1.82, 2.24) is 0 Å². The normalized spacial score (nSPS) is 10.3. The molecule has 0 spiro atoms. The van der Waals surface area contributed by atoms with Crippen LogP contribution in [-0.2, 0) is 14.3 Å². The fourth-order valence-corrected chi connectivity index (χ4v) is 3.85. The Hall–Kier alpha value is -5.97. The summed E-state index contributed by atoms with van der Waals surface area (Å²) in [6.07, 6.45) is 0.458. The maximum absolute atomic E-state index is 12.6. The van der Waals surface area contributed by atoms with Crippen LogP contribution >= 0.6 is 0 Å². The fourth-order valence-electron chi connectivity index (χ4n) is 3.85. The summed E-state index contributed by atoms with van der Waals surface area (Å²) in [6.45, 7) is 3.99. The molecule has 0 fully saturated rings. The van der Waals surface area contributed by atoms with Gasteiger partial charge in [0.15, 0.2) is 0 Å². The molecular formula is C36H32O11. The molecule has 0 aliphatic rings. The van der Waals surface area contributed by atoms with Gasteiger partial charge in [0.25, 0.3) is 0 Å². The van der Waals surface area contributed by atoms with Crippen LogP contribution in [0.25, 0.3) is 0 Å². The summed E-state index contributed by atoms with van der Waals surface area (Å²) >= 11 is 0. The van der Waals surface area contributed by atoms with Crippen molar-refractivity contribution in [2.24, 2.45) is 0 Å². The molecule has 0 amide bonds. The summed E-state index contributed by atoms with van der Waals surface area (Å²) in [5.41, 5.74) is 1.86. The first kappa shape index (κ1) is 33.9. The van der Waals surface area contributed by atoms with Crippen molar-refractivity contribution in [3.8, 4) is 23.0 Å². The number of hydrogen-bond donors (Lipinski definition) is 0. The van der Waals surface area contributed by atoms with Crippen molar-refractivity contribution in [1.29, 1.82) is 0 Å². The Bertz CT molecular complexity index is 1680. The topological polar surface area (TPSA) is 141 Å². The number of carbonyl (C=O) groups is 5. The average Bonchev–Trinajstić information content (AvgIpc) is 3.08. The lowest BCUT2D eigenvalue weighted by Gasteiger charge is -2.08. The summed E-state index contributed by atoms with van der Waals surface area (Å²) < 4.78 is 31.1. The monoisotopic (exact) mass is 640 g/mol. The average molecular weight is 641 g/mol. The van der Waals surface area contributed by atoms with E-state index in [4.69, 9.17) is 28.4 Å². The summed E-state index contributed by atoms with van der Waals surface area (Å²) in [5, 5.41) is 0. The van der Waals surface area contributed by atoms with Crippen LogP contribution < -0.4 is 18.9 Å². The zero-order valence-electron chi connectivity index (χ0n) is 25.8. The number of hydrogen-bond acceptors (Lipinski definition) is 11. The molecule has 4 aromatic rings. The van der Waals surface area contributed by atoms with Gasteiger partial charge in [0.05, 0.1) is 29.9 Å². The van der Waals surface area contributed by atoms with Crippen molar-refractivity contribution in [2.45, 2.75) is 33.1 Å². The third-order valence-electron chi connectivity index (χ3n) is 6.43. The number of carbonyl (C=O) groups excluding carboxylic acids is 5. The van der Waals surface area contributed by atoms with Crippen LogP contribution in [0.5, 0.6) is 23.0 Å². The van der Waals surface area contributed by atoms with E-state index in [1.165, 1.54) is 72.8 Å². The summed E-state index contributed by atoms with van der Waals surface area (Å²) in [7, 11) is 0. The maximum atomic E-state index is 12.6. The van der Waals surface area contributed by atoms with Gasteiger partial charge in [0.2, 0.25) is 0 Å². The Morgan fingerprint density at radius 3 is 1.21 bits per heavy atom. The minimum absolute atomic E-state index is 0.102. The third-order valence-corrected chi connectivity index (χ3v) is 6.43. The van der Waals surface area contributed by atoms with Crippen molar-refractivity contribution in [3.05, 3.63) is 119 Å². The van der Waals surface area contributed by atoms with Gasteiger partial charge in [-0.3, -0.25) is 4.79 Å². The predicted octanol–water partition coefficient (Wildman–Crippen LogP) is 6.90. The van der Waals surface area contributed by atoms with Crippen molar-refractivity contribution >= 4 is 30.0 Å². The number of aryl methyl sites for hydroxylation is 1. The molecule has 0 N–H and O–H groups in total. The number of ether oxygens (including phenoxy) is 6. The second-order valence-electron chi connectivity index (χ2n) is 10.0. The van der Waals surface area contributed by atoms with E-state index in [2.05, 4.69) is 0 Å². The van der Waals surface area contributed by atoms with Gasteiger partial charge in [-0.05, 0) is 105 Å². The first-order valence-electron chi connectivity index (χ1n) is 14.7. The SMILES string of the molecule is CCC(=O)OCCCCOC(=O)Oc1ccc(C(=O)Oc2ccc(C(=O)Oc3ccc(OC(=O)c4ccc(C)cc4)cc3)cc2)cc1. The lowest BCUT2D eigenvalue weighted by Crippen LogP contribution is -2.13. The van der Waals surface area contributed by atoms with Gasteiger partial charge in [-0.25, -0.2) is 19.2 Å². The lowest BCUT2D eigenvalue weighted by atomic mass is 10.1. The molecule has 0 saturated heterocycles. The summed E-state index contributed by atoms with van der Waals surface area (Å²) in [6, 6.07) is 24.5. The molecule has 4 aromatic carbocycles. The molecule has 47 heavy (non-hydrogen) atoms. The summed E-state index contributed by atoms with van der Waals surface area (Å²) in [5.74, 6) is -1.19. The lowest BCUT2D eigenvalue weighted by molar-refractivity contribution is -0.143. The van der Waals surface area contributed by atoms with Gasteiger partial charge >= 0.3 is 30.0 Å². The molecule has 0 aromatic heterocycles. The van der Waals surface area contributed by atoms with E-state index >= 15 is 0 Å². The molecule has 4 rings (SSSR count). The fraction of sp³-hybridized carbons (Fsp3) is 0.194. The van der Waals surface area contributed by atoms with E-state index in [0.717, 1.165) is 5.56 Å². The van der Waals surface area contributed by atoms with Crippen LogP contribution in [0.15, 0.2) is 97.1 Å². The molecular weight excluding hydrogens is 608 g/mol. The minimum Gasteiger partial charge on any atom is -0.466 e. The number of rotatable bonds is 13. The molecule has 0 radical (unpaired) electrons. The van der Waals surface area contributed by atoms with Crippen LogP contribution in [0.3, 0.4) is 0 Å². The Morgan fingerprint density at radius 2 is 0.809 bits per heavy atom. The number of benzene rings is 4. The standard InChI is InChI=1S/C36H32O11/c1-3-32(37)42-22-4-5-23-43-36(41)47-31-16-12-27(13-17-31)34(39)44-28-14-10-26(11-15-28)35(40)46-30-20-18-29(19-21-30)45-33(38)25-8-6-24(2)7-9-25/h6-21H,3-5,22-23H2,1-2H3. The van der Waals surface area contributed by atoms with Gasteiger partial charge < -0.3 is 28.4 Å². The summed E-state index contributed by atoms with van der Waals surface area (Å²) in [4.78, 5) is 60.4. The zero-order valence-corrected chi connectivity index (χ0v) is 25.8. The Balaban J connectivity index is 1.19. The molecule has 0 bridgehead atoms. The first-order valence-corrected chi connectivity index (χ1v) is 14.7. The molecule has 0 unspecified atom stereocenters. The zero-order chi connectivity index (χ0) is 33.6. The van der Waals surface area contributed by atoms with Crippen LogP contribution in [0.4, 0.5) is 4.79 Å². The molecule has 0 aliphatic heterocycles. The molecule has 11 heteroatoms. The highest BCUT2D eigenvalue weighted by Crippen LogP contribution is 2.22. The maximum Gasteiger partial charge on any atom is 0.513 e. The van der Waals surface area contributed by atoms with Crippen molar-refractivity contribution in [2.75, 3.05) is 13.2 Å². The molecule has 11 nitrogen and oxygen atoms in total. The predicted molar refractivity (Wildman–Crippen MR) is 168 cm³/mol. The van der Waals surface area contributed by atoms with E-state index < -0.39 is 24.1 Å². The van der Waals surface area contributed by atoms with Crippen LogP contribution in [0.2, 0.25) is 0 Å². The molecule has 242 valence electrons. The van der Waals surface area contributed by atoms with E-state index in [9.17, 15) is 24.0 Å². The van der Waals surface area contributed by atoms with Gasteiger partial charge in [-0.2, -0.15) is 0 Å². The highest BCUT2D eigenvalue weighted by atomic mass is 16.7. The largest absolute Gasteiger partial charge is 0.513 e. The quantitative estimate of drug-likeness (QED) is 0.0652. The first-order chi connectivity index (χ1) is 22.7. The highest BCUT2D eigenvalue weighted by Gasteiger charge is 2.14. The second-order valence-corrected chi connectivity index (χ2v) is 10.0. The minimum atomic E-state index is -0.902. The van der Waals surface area contributed by atoms with Crippen LogP contribution in [0, 0.1) is 6.92 Å². The second kappa shape index (κ2) is 16.9. The Labute approximate surface area is 270 Å². The Kier molecular flexibility index (Phi) is 12.2. The van der Waals surface area contributed by atoms with Gasteiger partial charge in [-0.15, -0.1) is 0 Å². The molecule has 0 heterocycles. The van der Waals surface area contributed by atoms with Crippen LogP contribution in [-0.4, -0.2) is 43.2 Å². The molecule has 0 aliphatic carbocycles. The molecule has 0 atom stereocenters. The Morgan fingerprint density at radius 1 is 0.468 bits per heavy atom. The van der Waals surface area contributed by atoms with Gasteiger partial charge in [0.1, 0.15) is 23.0 Å². The highest BCUT2D eigenvalue weighted by molar-refractivity contribution is 5.93. The van der Waals surface area contributed by atoms with E-state index in [-0.39, 0.29) is 47.6 Å². The number of unbranched alkanes of at least 4 members (excludes halogenated alkanes) is 1. The van der Waals surface area contributed by atoms with Gasteiger partial charge in [0, 0.05) is 6.42 Å². The third kappa shape index (κ3) is 10.9. The van der Waals surface area contributed by atoms with E-state index in [1.54, 1.807) is 19.1 Å². The number of esters is 4.